The van der Waals surface area contributed by atoms with Crippen LogP contribution >= 0.6 is 0 Å². The zero-order valence-electron chi connectivity index (χ0n) is 17.2. The maximum atomic E-state index is 11.2. The van der Waals surface area contributed by atoms with Crippen LogP contribution in [0.5, 0.6) is 0 Å². The molecule has 0 spiro atoms. The average molecular weight is 403 g/mol. The Morgan fingerprint density at radius 1 is 1.17 bits per heavy atom. The molecule has 0 saturated heterocycles. The van der Waals surface area contributed by atoms with Crippen LogP contribution in [0.2, 0.25) is 0 Å². The third-order valence-electron chi connectivity index (χ3n) is 5.32. The topological polar surface area (TPSA) is 101 Å². The van der Waals surface area contributed by atoms with Crippen molar-refractivity contribution in [3.63, 3.8) is 0 Å². The van der Waals surface area contributed by atoms with Gasteiger partial charge in [-0.25, -0.2) is 19.9 Å². The molecule has 0 radical (unpaired) electrons. The van der Waals surface area contributed by atoms with Crippen LogP contribution in [0.3, 0.4) is 0 Å². The molecular formula is C23H25N5O2. The maximum absolute atomic E-state index is 11.2. The van der Waals surface area contributed by atoms with Crippen molar-refractivity contribution in [2.45, 2.75) is 45.4 Å². The Morgan fingerprint density at radius 3 is 2.60 bits per heavy atom. The first kappa shape index (κ1) is 19.9. The van der Waals surface area contributed by atoms with E-state index < -0.39 is 11.9 Å². The van der Waals surface area contributed by atoms with Crippen molar-refractivity contribution < 1.29 is 9.90 Å². The van der Waals surface area contributed by atoms with E-state index in [0.29, 0.717) is 30.5 Å². The van der Waals surface area contributed by atoms with Gasteiger partial charge in [0.15, 0.2) is 0 Å². The van der Waals surface area contributed by atoms with E-state index in [-0.39, 0.29) is 0 Å². The van der Waals surface area contributed by atoms with Crippen molar-refractivity contribution in [1.29, 1.82) is 0 Å². The molecule has 1 aromatic carbocycles. The zero-order valence-corrected chi connectivity index (χ0v) is 17.2. The smallest absolute Gasteiger partial charge is 0.306 e. The molecule has 1 atom stereocenters. The summed E-state index contributed by atoms with van der Waals surface area (Å²) < 4.78 is 0. The lowest BCUT2D eigenvalue weighted by Gasteiger charge is -2.11. The molecule has 0 amide bonds. The van der Waals surface area contributed by atoms with E-state index in [9.17, 15) is 9.90 Å². The van der Waals surface area contributed by atoms with Gasteiger partial charge in [0.05, 0.1) is 5.92 Å². The van der Waals surface area contributed by atoms with E-state index in [1.807, 2.05) is 32.0 Å². The quantitative estimate of drug-likeness (QED) is 0.570. The van der Waals surface area contributed by atoms with Gasteiger partial charge in [-0.1, -0.05) is 13.0 Å². The van der Waals surface area contributed by atoms with Crippen LogP contribution < -0.4 is 5.32 Å². The van der Waals surface area contributed by atoms with Gasteiger partial charge in [-0.3, -0.25) is 4.79 Å². The first-order valence-corrected chi connectivity index (χ1v) is 10.3. The summed E-state index contributed by atoms with van der Waals surface area (Å²) in [4.78, 5) is 29.0. The Labute approximate surface area is 175 Å². The summed E-state index contributed by atoms with van der Waals surface area (Å²) in [6.07, 6.45) is 8.59. The summed E-state index contributed by atoms with van der Waals surface area (Å²) in [5.41, 5.74) is 4.94. The molecular weight excluding hydrogens is 378 g/mol. The third-order valence-corrected chi connectivity index (χ3v) is 5.32. The number of carbonyl (C=O) groups is 1. The number of aromatic nitrogens is 4. The summed E-state index contributed by atoms with van der Waals surface area (Å²) in [5.74, 6) is 0.446. The van der Waals surface area contributed by atoms with Crippen molar-refractivity contribution in [2.24, 2.45) is 5.92 Å². The fourth-order valence-corrected chi connectivity index (χ4v) is 3.43. The van der Waals surface area contributed by atoms with Gasteiger partial charge in [-0.2, -0.15) is 0 Å². The average Bonchev–Trinajstić information content (AvgIpc) is 3.57. The third kappa shape index (κ3) is 4.79. The molecule has 2 N–H and O–H groups in total. The van der Waals surface area contributed by atoms with Gasteiger partial charge >= 0.3 is 5.97 Å². The van der Waals surface area contributed by atoms with Gasteiger partial charge in [0.1, 0.15) is 5.82 Å². The second-order valence-electron chi connectivity index (χ2n) is 7.83. The van der Waals surface area contributed by atoms with E-state index in [0.717, 1.165) is 28.1 Å². The molecule has 7 heteroatoms. The Hall–Kier alpha value is -3.35. The Balaban J connectivity index is 1.53. The van der Waals surface area contributed by atoms with Gasteiger partial charge < -0.3 is 10.4 Å². The number of hydrogen-bond acceptors (Lipinski definition) is 6. The molecule has 7 nitrogen and oxygen atoms in total. The number of rotatable bonds is 8. The van der Waals surface area contributed by atoms with Crippen LogP contribution in [0.1, 0.15) is 49.2 Å². The lowest BCUT2D eigenvalue weighted by Crippen LogP contribution is -2.16. The molecule has 0 bridgehead atoms. The van der Waals surface area contributed by atoms with E-state index in [2.05, 4.69) is 31.3 Å². The zero-order chi connectivity index (χ0) is 21.1. The van der Waals surface area contributed by atoms with Gasteiger partial charge in [-0.15, -0.1) is 0 Å². The summed E-state index contributed by atoms with van der Waals surface area (Å²) in [6, 6.07) is 8.11. The van der Waals surface area contributed by atoms with E-state index >= 15 is 0 Å². The van der Waals surface area contributed by atoms with Gasteiger partial charge in [-0.05, 0) is 55.5 Å². The summed E-state index contributed by atoms with van der Waals surface area (Å²) in [6.45, 7) is 3.89. The summed E-state index contributed by atoms with van der Waals surface area (Å²) in [5, 5.41) is 12.5. The molecule has 1 unspecified atom stereocenters. The maximum Gasteiger partial charge on any atom is 0.306 e. The highest BCUT2D eigenvalue weighted by molar-refractivity contribution is 5.71. The molecule has 0 aliphatic heterocycles. The first-order chi connectivity index (χ1) is 14.5. The number of benzene rings is 1. The number of hydrogen-bond donors (Lipinski definition) is 2. The van der Waals surface area contributed by atoms with Crippen molar-refractivity contribution in [1.82, 2.24) is 19.9 Å². The van der Waals surface area contributed by atoms with Gasteiger partial charge in [0, 0.05) is 47.9 Å². The number of anilines is 2. The number of nitrogens with zero attached hydrogens (tertiary/aromatic N) is 4. The molecule has 2 heterocycles. The highest BCUT2D eigenvalue weighted by atomic mass is 16.4. The van der Waals surface area contributed by atoms with Crippen molar-refractivity contribution in [2.75, 3.05) is 5.32 Å². The largest absolute Gasteiger partial charge is 0.481 e. The molecule has 1 aliphatic rings. The molecule has 3 aromatic rings. The minimum atomic E-state index is -0.812. The minimum absolute atomic E-state index is 0.335. The predicted molar refractivity (Wildman–Crippen MR) is 115 cm³/mol. The number of carboxylic acids is 1. The fourth-order valence-electron chi connectivity index (χ4n) is 3.43. The van der Waals surface area contributed by atoms with Gasteiger partial charge in [0.25, 0.3) is 0 Å². The van der Waals surface area contributed by atoms with Crippen LogP contribution in [0, 0.1) is 12.8 Å². The minimum Gasteiger partial charge on any atom is -0.481 e. The standard InChI is InChI=1S/C23H25N5O2/c1-3-15(22(29)30)11-21-25-12-18(13-26-21)17-8-14(2)9-19(10-17)27-23-24-7-6-20(28-23)16-4-5-16/h6-10,12-13,15-16H,3-5,11H2,1-2H3,(H,29,30)(H,24,27,28). The molecule has 4 rings (SSSR count). The molecule has 1 fully saturated rings. The number of aryl methyl sites for hydroxylation is 1. The monoisotopic (exact) mass is 403 g/mol. The van der Waals surface area contributed by atoms with E-state index in [4.69, 9.17) is 0 Å². The van der Waals surface area contributed by atoms with E-state index in [1.54, 1.807) is 18.6 Å². The number of carboxylic acid groups (broad SMARTS) is 1. The normalized spacial score (nSPS) is 14.3. The van der Waals surface area contributed by atoms with Crippen LogP contribution in [-0.4, -0.2) is 31.0 Å². The molecule has 1 saturated carbocycles. The van der Waals surface area contributed by atoms with Crippen molar-refractivity contribution >= 4 is 17.6 Å². The Bertz CT molecular complexity index is 1050. The van der Waals surface area contributed by atoms with Crippen LogP contribution in [0.15, 0.2) is 42.9 Å². The lowest BCUT2D eigenvalue weighted by molar-refractivity contribution is -0.141. The second kappa shape index (κ2) is 8.57. The highest BCUT2D eigenvalue weighted by Gasteiger charge is 2.25. The SMILES string of the molecule is CCC(Cc1ncc(-c2cc(C)cc(Nc3nccc(C4CC4)n3)c2)cn1)C(=O)O. The lowest BCUT2D eigenvalue weighted by atomic mass is 10.0. The predicted octanol–water partition coefficient (Wildman–Crippen LogP) is 4.52. The summed E-state index contributed by atoms with van der Waals surface area (Å²) in [7, 11) is 0. The van der Waals surface area contributed by atoms with Crippen LogP contribution in [-0.2, 0) is 11.2 Å². The highest BCUT2D eigenvalue weighted by Crippen LogP contribution is 2.39. The summed E-state index contributed by atoms with van der Waals surface area (Å²) >= 11 is 0. The van der Waals surface area contributed by atoms with Crippen molar-refractivity contribution in [3.05, 3.63) is 59.9 Å². The van der Waals surface area contributed by atoms with Crippen molar-refractivity contribution in [3.8, 4) is 11.1 Å². The molecule has 2 aromatic heterocycles. The van der Waals surface area contributed by atoms with Crippen LogP contribution in [0.4, 0.5) is 11.6 Å². The Kier molecular flexibility index (Phi) is 5.70. The fraction of sp³-hybridized carbons (Fsp3) is 0.348. The van der Waals surface area contributed by atoms with Crippen LogP contribution in [0.25, 0.3) is 11.1 Å². The molecule has 1 aliphatic carbocycles. The number of nitrogens with one attached hydrogen (secondary N) is 1. The molecule has 154 valence electrons. The number of aliphatic carboxylic acids is 1. The molecule has 30 heavy (non-hydrogen) atoms. The van der Waals surface area contributed by atoms with E-state index in [1.165, 1.54) is 12.8 Å². The Morgan fingerprint density at radius 2 is 1.93 bits per heavy atom. The van der Waals surface area contributed by atoms with Gasteiger partial charge in [0.2, 0.25) is 5.95 Å². The first-order valence-electron chi connectivity index (χ1n) is 10.3. The second-order valence-corrected chi connectivity index (χ2v) is 7.83.